The Morgan fingerprint density at radius 3 is 2.68 bits per heavy atom. The maximum Gasteiger partial charge on any atom is 0.254 e. The molecule has 1 fully saturated rings. The van der Waals surface area contributed by atoms with Crippen LogP contribution in [0, 0.1) is 0 Å². The predicted molar refractivity (Wildman–Crippen MR) is 107 cm³/mol. The van der Waals surface area contributed by atoms with Crippen molar-refractivity contribution in [2.24, 2.45) is 0 Å². The molecule has 150 valence electrons. The van der Waals surface area contributed by atoms with E-state index >= 15 is 0 Å². The Hall–Kier alpha value is -2.71. The number of benzene rings is 1. The molecule has 0 aliphatic carbocycles. The summed E-state index contributed by atoms with van der Waals surface area (Å²) in [5, 5.41) is 6.08. The molecule has 8 heteroatoms. The van der Waals surface area contributed by atoms with Gasteiger partial charge in [-0.15, -0.1) is 0 Å². The second-order valence-corrected chi connectivity index (χ2v) is 6.49. The monoisotopic (exact) mass is 385 g/mol. The Morgan fingerprint density at radius 1 is 1.18 bits per heavy atom. The minimum Gasteiger partial charge on any atom is -0.496 e. The second kappa shape index (κ2) is 10.6. The summed E-state index contributed by atoms with van der Waals surface area (Å²) in [4.78, 5) is 23.1. The normalized spacial score (nSPS) is 14.5. The van der Waals surface area contributed by atoms with Gasteiger partial charge in [-0.3, -0.25) is 9.69 Å². The number of amides is 1. The molecule has 0 bridgehead atoms. The minimum atomic E-state index is -0.185. The van der Waals surface area contributed by atoms with E-state index in [2.05, 4.69) is 25.5 Å². The Balaban J connectivity index is 1.40. The summed E-state index contributed by atoms with van der Waals surface area (Å²) < 4.78 is 10.7. The third-order valence-corrected chi connectivity index (χ3v) is 4.60. The van der Waals surface area contributed by atoms with Gasteiger partial charge in [-0.05, 0) is 18.1 Å². The third kappa shape index (κ3) is 5.90. The molecule has 0 unspecified atom stereocenters. The Morgan fingerprint density at radius 2 is 1.93 bits per heavy atom. The van der Waals surface area contributed by atoms with Gasteiger partial charge in [0.1, 0.15) is 5.75 Å². The predicted octanol–water partition coefficient (Wildman–Crippen LogP) is 1.20. The number of aromatic nitrogens is 2. The third-order valence-electron chi connectivity index (χ3n) is 4.60. The van der Waals surface area contributed by atoms with Gasteiger partial charge < -0.3 is 20.1 Å². The number of ether oxygens (including phenoxy) is 2. The van der Waals surface area contributed by atoms with Crippen molar-refractivity contribution in [1.82, 2.24) is 20.2 Å². The van der Waals surface area contributed by atoms with Crippen LogP contribution < -0.4 is 15.4 Å². The zero-order valence-electron chi connectivity index (χ0n) is 16.2. The number of hydrogen-bond donors (Lipinski definition) is 2. The van der Waals surface area contributed by atoms with Crippen LogP contribution in [0.3, 0.4) is 0 Å². The van der Waals surface area contributed by atoms with Gasteiger partial charge >= 0.3 is 0 Å². The molecule has 2 aromatic rings. The van der Waals surface area contributed by atoms with Gasteiger partial charge in [0.25, 0.3) is 5.91 Å². The number of anilines is 1. The highest BCUT2D eigenvalue weighted by atomic mass is 16.5. The summed E-state index contributed by atoms with van der Waals surface area (Å²) in [5.41, 5.74) is 1.50. The van der Waals surface area contributed by atoms with Gasteiger partial charge in [0, 0.05) is 45.1 Å². The molecule has 3 rings (SSSR count). The van der Waals surface area contributed by atoms with Crippen LogP contribution in [-0.4, -0.2) is 73.8 Å². The van der Waals surface area contributed by atoms with Crippen LogP contribution in [-0.2, 0) is 11.2 Å². The number of rotatable bonds is 9. The molecular formula is C20H27N5O3. The fourth-order valence-corrected chi connectivity index (χ4v) is 3.01. The Kier molecular flexibility index (Phi) is 7.57. The lowest BCUT2D eigenvalue weighted by molar-refractivity contribution is 0.0398. The van der Waals surface area contributed by atoms with Gasteiger partial charge in [0.2, 0.25) is 5.95 Å². The molecule has 0 saturated carbocycles. The summed E-state index contributed by atoms with van der Waals surface area (Å²) in [5.74, 6) is 1.17. The number of carbonyl (C=O) groups excluding carboxylic acids is 1. The number of hydrogen-bond acceptors (Lipinski definition) is 7. The van der Waals surface area contributed by atoms with Gasteiger partial charge in [0.15, 0.2) is 0 Å². The van der Waals surface area contributed by atoms with Crippen LogP contribution in [0.2, 0.25) is 0 Å². The van der Waals surface area contributed by atoms with Gasteiger partial charge in [-0.25, -0.2) is 9.97 Å². The van der Waals surface area contributed by atoms with Crippen LogP contribution in [0.25, 0.3) is 0 Å². The summed E-state index contributed by atoms with van der Waals surface area (Å²) in [6.07, 6.45) is 3.78. The quantitative estimate of drug-likeness (QED) is 0.671. The molecule has 2 N–H and O–H groups in total. The molecule has 1 aromatic carbocycles. The fraction of sp³-hybridized carbons (Fsp3) is 0.450. The van der Waals surface area contributed by atoms with Crippen LogP contribution in [0.15, 0.2) is 36.7 Å². The van der Waals surface area contributed by atoms with E-state index in [4.69, 9.17) is 9.47 Å². The highest BCUT2D eigenvalue weighted by Gasteiger charge is 2.10. The van der Waals surface area contributed by atoms with E-state index < -0.39 is 0 Å². The van der Waals surface area contributed by atoms with Crippen LogP contribution in [0.1, 0.15) is 15.9 Å². The van der Waals surface area contributed by atoms with E-state index in [1.165, 1.54) is 0 Å². The molecule has 1 aliphatic heterocycles. The SMILES string of the molecule is COc1ccccc1CCNC(=O)c1cnc(NCCN2CCOCC2)nc1. The largest absolute Gasteiger partial charge is 0.496 e. The first-order valence-corrected chi connectivity index (χ1v) is 9.52. The van der Waals surface area contributed by atoms with Crippen molar-refractivity contribution >= 4 is 11.9 Å². The Bertz CT molecular complexity index is 748. The van der Waals surface area contributed by atoms with Crippen molar-refractivity contribution in [3.8, 4) is 5.75 Å². The molecule has 1 amide bonds. The molecule has 28 heavy (non-hydrogen) atoms. The number of nitrogens with one attached hydrogen (secondary N) is 2. The molecule has 0 radical (unpaired) electrons. The molecule has 0 atom stereocenters. The van der Waals surface area contributed by atoms with Crippen molar-refractivity contribution in [2.75, 3.05) is 58.4 Å². The van der Waals surface area contributed by atoms with E-state index in [0.717, 1.165) is 50.7 Å². The summed E-state index contributed by atoms with van der Waals surface area (Å²) in [6, 6.07) is 7.79. The maximum absolute atomic E-state index is 12.3. The molecule has 8 nitrogen and oxygen atoms in total. The summed E-state index contributed by atoms with van der Waals surface area (Å²) >= 11 is 0. The zero-order chi connectivity index (χ0) is 19.6. The smallest absolute Gasteiger partial charge is 0.254 e. The number of nitrogens with zero attached hydrogens (tertiary/aromatic N) is 3. The van der Waals surface area contributed by atoms with E-state index in [9.17, 15) is 4.79 Å². The Labute approximate surface area is 165 Å². The van der Waals surface area contributed by atoms with Crippen molar-refractivity contribution < 1.29 is 14.3 Å². The number of carbonyl (C=O) groups is 1. The minimum absolute atomic E-state index is 0.185. The van der Waals surface area contributed by atoms with Gasteiger partial charge in [-0.2, -0.15) is 0 Å². The van der Waals surface area contributed by atoms with Crippen molar-refractivity contribution in [3.05, 3.63) is 47.8 Å². The van der Waals surface area contributed by atoms with Crippen molar-refractivity contribution in [2.45, 2.75) is 6.42 Å². The molecule has 0 spiro atoms. The number of para-hydroxylation sites is 1. The second-order valence-electron chi connectivity index (χ2n) is 6.49. The molecule has 2 heterocycles. The lowest BCUT2D eigenvalue weighted by Crippen LogP contribution is -2.39. The average molecular weight is 385 g/mol. The number of morpholine rings is 1. The summed E-state index contributed by atoms with van der Waals surface area (Å²) in [7, 11) is 1.64. The van der Waals surface area contributed by atoms with Crippen LogP contribution in [0.4, 0.5) is 5.95 Å². The standard InChI is InChI=1S/C20H27N5O3/c1-27-18-5-3-2-4-16(18)6-7-21-19(26)17-14-23-20(24-15-17)22-8-9-25-10-12-28-13-11-25/h2-5,14-15H,6-13H2,1H3,(H,21,26)(H,22,23,24). The van der Waals surface area contributed by atoms with Crippen LogP contribution in [0.5, 0.6) is 5.75 Å². The lowest BCUT2D eigenvalue weighted by Gasteiger charge is -2.26. The van der Waals surface area contributed by atoms with E-state index in [1.54, 1.807) is 19.5 Å². The average Bonchev–Trinajstić information content (AvgIpc) is 2.75. The first-order valence-electron chi connectivity index (χ1n) is 9.52. The van der Waals surface area contributed by atoms with Gasteiger partial charge in [0.05, 0.1) is 25.9 Å². The lowest BCUT2D eigenvalue weighted by atomic mass is 10.1. The van der Waals surface area contributed by atoms with Crippen LogP contribution >= 0.6 is 0 Å². The highest BCUT2D eigenvalue weighted by Crippen LogP contribution is 2.17. The topological polar surface area (TPSA) is 88.6 Å². The molecule has 1 aliphatic rings. The highest BCUT2D eigenvalue weighted by molar-refractivity contribution is 5.93. The maximum atomic E-state index is 12.3. The number of methoxy groups -OCH3 is 1. The molecule has 1 saturated heterocycles. The molecule has 1 aromatic heterocycles. The first-order chi connectivity index (χ1) is 13.8. The van der Waals surface area contributed by atoms with Crippen molar-refractivity contribution in [1.29, 1.82) is 0 Å². The van der Waals surface area contributed by atoms with Gasteiger partial charge in [-0.1, -0.05) is 18.2 Å². The zero-order valence-corrected chi connectivity index (χ0v) is 16.2. The molecular weight excluding hydrogens is 358 g/mol. The summed E-state index contributed by atoms with van der Waals surface area (Å²) in [6.45, 7) is 5.67. The first kappa shape index (κ1) is 20.0. The van der Waals surface area contributed by atoms with E-state index in [1.807, 2.05) is 24.3 Å². The van der Waals surface area contributed by atoms with E-state index in [-0.39, 0.29) is 5.91 Å². The van der Waals surface area contributed by atoms with E-state index in [0.29, 0.717) is 24.5 Å². The van der Waals surface area contributed by atoms with Crippen molar-refractivity contribution in [3.63, 3.8) is 0 Å². The fourth-order valence-electron chi connectivity index (χ4n) is 3.01.